The van der Waals surface area contributed by atoms with Gasteiger partial charge in [-0.25, -0.2) is 0 Å². The number of benzene rings is 1. The molecule has 0 spiro atoms. The summed E-state index contributed by atoms with van der Waals surface area (Å²) in [4.78, 5) is 0. The maximum Gasteiger partial charge on any atom is -0.0248 e. The first-order chi connectivity index (χ1) is 10.3. The molecule has 1 aromatic carbocycles. The fourth-order valence-corrected chi connectivity index (χ4v) is 5.00. The van der Waals surface area contributed by atoms with Crippen LogP contribution in [0.4, 0.5) is 0 Å². The van der Waals surface area contributed by atoms with E-state index in [2.05, 4.69) is 37.3 Å². The third-order valence-corrected chi connectivity index (χ3v) is 6.24. The van der Waals surface area contributed by atoms with Gasteiger partial charge >= 0.3 is 0 Å². The zero-order valence-corrected chi connectivity index (χ0v) is 13.8. The minimum Gasteiger partial charge on any atom is -0.0622 e. The van der Waals surface area contributed by atoms with E-state index >= 15 is 0 Å². The van der Waals surface area contributed by atoms with Crippen molar-refractivity contribution in [1.29, 1.82) is 0 Å². The van der Waals surface area contributed by atoms with E-state index in [1.807, 2.05) is 0 Å². The SMILES string of the molecule is CC1CCCC(Cc2ccccc2)C1CC1CCCCC1. The minimum absolute atomic E-state index is 0.943. The van der Waals surface area contributed by atoms with Crippen molar-refractivity contribution >= 4 is 0 Å². The van der Waals surface area contributed by atoms with Gasteiger partial charge in [-0.3, -0.25) is 0 Å². The Bertz CT molecular complexity index is 401. The highest BCUT2D eigenvalue weighted by Crippen LogP contribution is 2.42. The Morgan fingerprint density at radius 2 is 1.62 bits per heavy atom. The van der Waals surface area contributed by atoms with Gasteiger partial charge in [-0.1, -0.05) is 82.2 Å². The van der Waals surface area contributed by atoms with E-state index in [4.69, 9.17) is 0 Å². The van der Waals surface area contributed by atoms with Gasteiger partial charge in [-0.2, -0.15) is 0 Å². The largest absolute Gasteiger partial charge is 0.0622 e. The lowest BCUT2D eigenvalue weighted by atomic mass is 9.66. The normalized spacial score (nSPS) is 31.2. The van der Waals surface area contributed by atoms with Gasteiger partial charge in [-0.05, 0) is 48.5 Å². The third kappa shape index (κ3) is 4.11. The lowest BCUT2D eigenvalue weighted by Crippen LogP contribution is -2.30. The van der Waals surface area contributed by atoms with Crippen molar-refractivity contribution in [2.45, 2.75) is 71.1 Å². The molecule has 0 radical (unpaired) electrons. The second-order valence-corrected chi connectivity index (χ2v) is 7.76. The van der Waals surface area contributed by atoms with Crippen LogP contribution >= 0.6 is 0 Å². The molecule has 116 valence electrons. The molecule has 0 amide bonds. The van der Waals surface area contributed by atoms with Gasteiger partial charge in [0, 0.05) is 0 Å². The van der Waals surface area contributed by atoms with E-state index in [1.54, 1.807) is 5.56 Å². The average molecular weight is 284 g/mol. The molecule has 2 aliphatic carbocycles. The molecule has 0 aliphatic heterocycles. The van der Waals surface area contributed by atoms with Crippen molar-refractivity contribution in [1.82, 2.24) is 0 Å². The molecule has 2 fully saturated rings. The highest BCUT2D eigenvalue weighted by atomic mass is 14.4. The summed E-state index contributed by atoms with van der Waals surface area (Å²) in [5.74, 6) is 3.93. The second-order valence-electron chi connectivity index (χ2n) is 7.76. The molecule has 1 aromatic rings. The van der Waals surface area contributed by atoms with Crippen molar-refractivity contribution in [3.63, 3.8) is 0 Å². The maximum absolute atomic E-state index is 2.53. The van der Waals surface area contributed by atoms with Crippen LogP contribution in [-0.2, 0) is 6.42 Å². The summed E-state index contributed by atoms with van der Waals surface area (Å²) in [6.07, 6.45) is 14.8. The third-order valence-electron chi connectivity index (χ3n) is 6.24. The molecule has 0 nitrogen and oxygen atoms in total. The van der Waals surface area contributed by atoms with Crippen LogP contribution in [0.3, 0.4) is 0 Å². The first-order valence-corrected chi connectivity index (χ1v) is 9.37. The number of hydrogen-bond acceptors (Lipinski definition) is 0. The molecule has 0 heteroatoms. The Balaban J connectivity index is 1.64. The Hall–Kier alpha value is -0.780. The summed E-state index contributed by atoms with van der Waals surface area (Å²) < 4.78 is 0. The maximum atomic E-state index is 2.53. The standard InChI is InChI=1S/C21H32/c1-17-9-8-14-20(15-18-10-4-2-5-11-18)21(17)16-19-12-6-3-7-13-19/h2,4-5,10-11,17,19-21H,3,6-9,12-16H2,1H3. The first kappa shape index (κ1) is 15.1. The summed E-state index contributed by atoms with van der Waals surface area (Å²) in [5.41, 5.74) is 1.56. The van der Waals surface area contributed by atoms with Gasteiger partial charge < -0.3 is 0 Å². The van der Waals surface area contributed by atoms with Crippen LogP contribution in [0, 0.1) is 23.7 Å². The van der Waals surface area contributed by atoms with Crippen LogP contribution in [0.15, 0.2) is 30.3 Å². The zero-order chi connectivity index (χ0) is 14.5. The van der Waals surface area contributed by atoms with Crippen molar-refractivity contribution < 1.29 is 0 Å². The monoisotopic (exact) mass is 284 g/mol. The number of hydrogen-bond donors (Lipinski definition) is 0. The highest BCUT2D eigenvalue weighted by molar-refractivity contribution is 5.15. The fourth-order valence-electron chi connectivity index (χ4n) is 5.00. The Morgan fingerprint density at radius 3 is 2.38 bits per heavy atom. The average Bonchev–Trinajstić information content (AvgIpc) is 2.53. The van der Waals surface area contributed by atoms with E-state index in [0.717, 1.165) is 23.7 Å². The number of rotatable bonds is 4. The zero-order valence-electron chi connectivity index (χ0n) is 13.8. The molecule has 0 saturated heterocycles. The van der Waals surface area contributed by atoms with Gasteiger partial charge in [0.25, 0.3) is 0 Å². The van der Waals surface area contributed by atoms with Crippen LogP contribution in [0.2, 0.25) is 0 Å². The smallest absolute Gasteiger partial charge is 0.0248 e. The van der Waals surface area contributed by atoms with Crippen LogP contribution in [0.25, 0.3) is 0 Å². The molecule has 2 aliphatic rings. The van der Waals surface area contributed by atoms with E-state index in [-0.39, 0.29) is 0 Å². The highest BCUT2D eigenvalue weighted by Gasteiger charge is 2.32. The first-order valence-electron chi connectivity index (χ1n) is 9.37. The summed E-state index contributed by atoms with van der Waals surface area (Å²) in [6.45, 7) is 2.53. The molecule has 0 N–H and O–H groups in total. The summed E-state index contributed by atoms with van der Waals surface area (Å²) in [5, 5.41) is 0. The van der Waals surface area contributed by atoms with E-state index < -0.39 is 0 Å². The summed E-state index contributed by atoms with van der Waals surface area (Å²) >= 11 is 0. The topological polar surface area (TPSA) is 0 Å². The van der Waals surface area contributed by atoms with Crippen LogP contribution in [0.1, 0.15) is 70.3 Å². The summed E-state index contributed by atoms with van der Waals surface area (Å²) in [6, 6.07) is 11.2. The van der Waals surface area contributed by atoms with Gasteiger partial charge in [0.05, 0.1) is 0 Å². The van der Waals surface area contributed by atoms with Crippen LogP contribution < -0.4 is 0 Å². The molecule has 0 aromatic heterocycles. The Morgan fingerprint density at radius 1 is 0.857 bits per heavy atom. The van der Waals surface area contributed by atoms with Gasteiger partial charge in [0.2, 0.25) is 0 Å². The van der Waals surface area contributed by atoms with Crippen LogP contribution in [0.5, 0.6) is 0 Å². The predicted molar refractivity (Wildman–Crippen MR) is 91.3 cm³/mol. The molecule has 2 saturated carbocycles. The molecule has 0 heterocycles. The van der Waals surface area contributed by atoms with E-state index in [9.17, 15) is 0 Å². The molecular weight excluding hydrogens is 252 g/mol. The molecule has 3 rings (SSSR count). The van der Waals surface area contributed by atoms with Gasteiger partial charge in [-0.15, -0.1) is 0 Å². The molecule has 3 unspecified atom stereocenters. The minimum atomic E-state index is 0.943. The Kier molecular flexibility index (Phi) is 5.38. The molecule has 0 bridgehead atoms. The molecular formula is C21H32. The second kappa shape index (κ2) is 7.47. The van der Waals surface area contributed by atoms with E-state index in [0.29, 0.717) is 0 Å². The molecule has 3 atom stereocenters. The van der Waals surface area contributed by atoms with Crippen LogP contribution in [-0.4, -0.2) is 0 Å². The Labute approximate surface area is 131 Å². The van der Waals surface area contributed by atoms with Crippen molar-refractivity contribution in [3.8, 4) is 0 Å². The van der Waals surface area contributed by atoms with Crippen molar-refractivity contribution in [2.24, 2.45) is 23.7 Å². The van der Waals surface area contributed by atoms with Crippen molar-refractivity contribution in [3.05, 3.63) is 35.9 Å². The predicted octanol–water partition coefficient (Wildman–Crippen LogP) is 6.25. The van der Waals surface area contributed by atoms with Gasteiger partial charge in [0.1, 0.15) is 0 Å². The van der Waals surface area contributed by atoms with Crippen molar-refractivity contribution in [2.75, 3.05) is 0 Å². The van der Waals surface area contributed by atoms with Gasteiger partial charge in [0.15, 0.2) is 0 Å². The summed E-state index contributed by atoms with van der Waals surface area (Å²) in [7, 11) is 0. The fraction of sp³-hybridized carbons (Fsp3) is 0.714. The lowest BCUT2D eigenvalue weighted by Gasteiger charge is -2.39. The molecule has 21 heavy (non-hydrogen) atoms. The quantitative estimate of drug-likeness (QED) is 0.613. The van der Waals surface area contributed by atoms with E-state index in [1.165, 1.54) is 64.2 Å². The lowest BCUT2D eigenvalue weighted by molar-refractivity contribution is 0.121.